The molecule has 0 N–H and O–H groups in total. The van der Waals surface area contributed by atoms with Crippen LogP contribution in [0.1, 0.15) is 0 Å². The van der Waals surface area contributed by atoms with E-state index in [1.54, 1.807) is 24.3 Å². The second-order valence-corrected chi connectivity index (χ2v) is 2.31. The predicted molar refractivity (Wildman–Crippen MR) is 36.5 cm³/mol. The fourth-order valence-corrected chi connectivity index (χ4v) is 0.682. The van der Waals surface area contributed by atoms with Crippen LogP contribution in [0.5, 0.6) is 0 Å². The number of benzene rings is 1. The van der Waals surface area contributed by atoms with E-state index >= 15 is 0 Å². The number of rotatable bonds is 0. The minimum Gasteiger partial charge on any atom is -0.0843 e. The van der Waals surface area contributed by atoms with Gasteiger partial charge in [0, 0.05) is 27.1 Å². The number of hydrogen-bond donors (Lipinski definition) is 0. The third-order valence-corrected chi connectivity index (χ3v) is 1.31. The van der Waals surface area contributed by atoms with Gasteiger partial charge in [0.1, 0.15) is 0 Å². The number of halogens is 2. The van der Waals surface area contributed by atoms with Gasteiger partial charge in [0.15, 0.2) is 0 Å². The van der Waals surface area contributed by atoms with Crippen molar-refractivity contribution in [2.24, 2.45) is 0 Å². The Morgan fingerprint density at radius 2 is 1.00 bits per heavy atom. The van der Waals surface area contributed by atoms with Crippen LogP contribution in [0.25, 0.3) is 0 Å². The molecule has 0 unspecified atom stereocenters. The Morgan fingerprint density at radius 1 is 0.778 bits per heavy atom. The largest absolute Gasteiger partial charge is 0.0843 e. The van der Waals surface area contributed by atoms with Crippen LogP contribution in [0.3, 0.4) is 0 Å². The molecule has 0 radical (unpaired) electrons. The van der Waals surface area contributed by atoms with Crippen molar-refractivity contribution in [3.8, 4) is 0 Å². The van der Waals surface area contributed by atoms with Gasteiger partial charge < -0.3 is 0 Å². The van der Waals surface area contributed by atoms with Gasteiger partial charge >= 0.3 is 0 Å². The summed E-state index contributed by atoms with van der Waals surface area (Å²) in [7, 11) is 0. The predicted octanol–water partition coefficient (Wildman–Crippen LogP) is 2.99. The molecule has 0 fully saturated rings. The SMILES string of the molecule is Clc1ccc(Cl)cc1.[Fe]. The summed E-state index contributed by atoms with van der Waals surface area (Å²) in [6.07, 6.45) is 0. The van der Waals surface area contributed by atoms with Crippen LogP contribution in [0.2, 0.25) is 10.0 Å². The molecule has 1 aromatic carbocycles. The molecule has 0 saturated heterocycles. The average Bonchev–Trinajstić information content (AvgIpc) is 1.77. The van der Waals surface area contributed by atoms with E-state index in [9.17, 15) is 0 Å². The van der Waals surface area contributed by atoms with Crippen LogP contribution in [0.4, 0.5) is 0 Å². The van der Waals surface area contributed by atoms with Crippen molar-refractivity contribution in [2.75, 3.05) is 0 Å². The minimum absolute atomic E-state index is 0. The molecule has 0 nitrogen and oxygen atoms in total. The monoisotopic (exact) mass is 202 g/mol. The molecular formula is C6H4Cl2Fe. The first-order chi connectivity index (χ1) is 3.79. The molecule has 9 heavy (non-hydrogen) atoms. The van der Waals surface area contributed by atoms with Crippen LogP contribution in [0, 0.1) is 0 Å². The Labute approximate surface area is 74.6 Å². The summed E-state index contributed by atoms with van der Waals surface area (Å²) in [4.78, 5) is 0. The molecule has 1 aromatic rings. The molecule has 0 heterocycles. The fourth-order valence-electron chi connectivity index (χ4n) is 0.430. The summed E-state index contributed by atoms with van der Waals surface area (Å²) in [5.74, 6) is 0. The summed E-state index contributed by atoms with van der Waals surface area (Å²) in [6.45, 7) is 0. The van der Waals surface area contributed by atoms with Gasteiger partial charge in [-0.1, -0.05) is 23.2 Å². The van der Waals surface area contributed by atoms with Crippen molar-refractivity contribution in [1.82, 2.24) is 0 Å². The zero-order chi connectivity index (χ0) is 5.98. The molecule has 3 heteroatoms. The molecule has 0 spiro atoms. The van der Waals surface area contributed by atoms with E-state index in [1.807, 2.05) is 0 Å². The molecule has 0 aromatic heterocycles. The molecule has 0 amide bonds. The zero-order valence-corrected chi connectivity index (χ0v) is 7.03. The Bertz CT molecular complexity index is 150. The van der Waals surface area contributed by atoms with Crippen molar-refractivity contribution in [2.45, 2.75) is 0 Å². The molecule has 0 aliphatic carbocycles. The van der Waals surface area contributed by atoms with Gasteiger partial charge in [0.05, 0.1) is 0 Å². The Morgan fingerprint density at radius 3 is 1.22 bits per heavy atom. The normalized spacial score (nSPS) is 8.22. The topological polar surface area (TPSA) is 0 Å². The molecular weight excluding hydrogens is 199 g/mol. The van der Waals surface area contributed by atoms with E-state index in [1.165, 1.54) is 0 Å². The van der Waals surface area contributed by atoms with Crippen molar-refractivity contribution in [3.05, 3.63) is 34.3 Å². The third kappa shape index (κ3) is 3.12. The van der Waals surface area contributed by atoms with Crippen molar-refractivity contribution >= 4 is 23.2 Å². The minimum atomic E-state index is 0. The molecule has 0 aliphatic rings. The standard InChI is InChI=1S/C6H4Cl2.Fe/c7-5-1-2-6(8)4-3-5;/h1-4H;. The molecule has 1 rings (SSSR count). The average molecular weight is 203 g/mol. The van der Waals surface area contributed by atoms with E-state index in [0.29, 0.717) is 0 Å². The second kappa shape index (κ2) is 4.19. The Hall–Kier alpha value is 0.319. The van der Waals surface area contributed by atoms with Gasteiger partial charge in [0.2, 0.25) is 0 Å². The van der Waals surface area contributed by atoms with Crippen LogP contribution in [-0.4, -0.2) is 0 Å². The van der Waals surface area contributed by atoms with Crippen molar-refractivity contribution in [3.63, 3.8) is 0 Å². The van der Waals surface area contributed by atoms with Gasteiger partial charge in [0.25, 0.3) is 0 Å². The van der Waals surface area contributed by atoms with E-state index in [2.05, 4.69) is 0 Å². The maximum Gasteiger partial charge on any atom is 0.0407 e. The van der Waals surface area contributed by atoms with E-state index in [0.717, 1.165) is 10.0 Å². The summed E-state index contributed by atoms with van der Waals surface area (Å²) < 4.78 is 0. The molecule has 0 aliphatic heterocycles. The molecule has 0 bridgehead atoms. The van der Waals surface area contributed by atoms with E-state index in [4.69, 9.17) is 23.2 Å². The molecule has 0 saturated carbocycles. The first-order valence-corrected chi connectivity index (χ1v) is 2.96. The summed E-state index contributed by atoms with van der Waals surface area (Å²) in [5, 5.41) is 1.43. The van der Waals surface area contributed by atoms with Crippen LogP contribution in [0.15, 0.2) is 24.3 Å². The van der Waals surface area contributed by atoms with Crippen molar-refractivity contribution < 1.29 is 17.1 Å². The van der Waals surface area contributed by atoms with Crippen LogP contribution >= 0.6 is 23.2 Å². The van der Waals surface area contributed by atoms with Gasteiger partial charge in [-0.3, -0.25) is 0 Å². The fraction of sp³-hybridized carbons (Fsp3) is 0. The maximum atomic E-state index is 5.55. The van der Waals surface area contributed by atoms with E-state index < -0.39 is 0 Å². The van der Waals surface area contributed by atoms with Gasteiger partial charge in [-0.25, -0.2) is 0 Å². The van der Waals surface area contributed by atoms with Crippen LogP contribution < -0.4 is 0 Å². The maximum absolute atomic E-state index is 5.55. The first kappa shape index (κ1) is 9.32. The van der Waals surface area contributed by atoms with Crippen LogP contribution in [-0.2, 0) is 17.1 Å². The van der Waals surface area contributed by atoms with Gasteiger partial charge in [-0.05, 0) is 24.3 Å². The summed E-state index contributed by atoms with van der Waals surface area (Å²) in [6, 6.07) is 7.02. The van der Waals surface area contributed by atoms with Crippen molar-refractivity contribution in [1.29, 1.82) is 0 Å². The Kier molecular flexibility index (Phi) is 4.33. The molecule has 0 atom stereocenters. The Balaban J connectivity index is 0.000000640. The molecule has 50 valence electrons. The zero-order valence-electron chi connectivity index (χ0n) is 4.42. The number of hydrogen-bond acceptors (Lipinski definition) is 0. The quantitative estimate of drug-likeness (QED) is 0.568. The third-order valence-electron chi connectivity index (χ3n) is 0.804. The first-order valence-electron chi connectivity index (χ1n) is 2.20. The smallest absolute Gasteiger partial charge is 0.0407 e. The van der Waals surface area contributed by atoms with E-state index in [-0.39, 0.29) is 17.1 Å². The van der Waals surface area contributed by atoms with Gasteiger partial charge in [-0.15, -0.1) is 0 Å². The summed E-state index contributed by atoms with van der Waals surface area (Å²) in [5.41, 5.74) is 0. The summed E-state index contributed by atoms with van der Waals surface area (Å²) >= 11 is 11.1. The second-order valence-electron chi connectivity index (χ2n) is 1.44. The van der Waals surface area contributed by atoms with Gasteiger partial charge in [-0.2, -0.15) is 0 Å².